The molecule has 2 N–H and O–H groups in total. The van der Waals surface area contributed by atoms with E-state index in [0.29, 0.717) is 23.1 Å². The van der Waals surface area contributed by atoms with Crippen molar-refractivity contribution in [2.24, 2.45) is 5.10 Å². The Morgan fingerprint density at radius 1 is 1.15 bits per heavy atom. The molecule has 1 aromatic heterocycles. The number of aliphatic hydroxyl groups excluding tert-OH is 1. The van der Waals surface area contributed by atoms with E-state index in [4.69, 9.17) is 27.9 Å². The molecule has 0 spiro atoms. The molecule has 0 bridgehead atoms. The lowest BCUT2D eigenvalue weighted by Crippen LogP contribution is -2.18. The van der Waals surface area contributed by atoms with E-state index < -0.39 is 6.10 Å². The van der Waals surface area contributed by atoms with Crippen LogP contribution in [0.25, 0.3) is 5.69 Å². The summed E-state index contributed by atoms with van der Waals surface area (Å²) in [5, 5.41) is 15.5. The summed E-state index contributed by atoms with van der Waals surface area (Å²) < 4.78 is 7.42. The van der Waals surface area contributed by atoms with Crippen LogP contribution >= 0.6 is 23.2 Å². The van der Waals surface area contributed by atoms with Gasteiger partial charge in [0, 0.05) is 39.1 Å². The number of hydrazone groups is 1. The number of benzene rings is 2. The summed E-state index contributed by atoms with van der Waals surface area (Å²) in [7, 11) is 0. The fraction of sp³-hybridized carbons (Fsp3) is 0.280. The van der Waals surface area contributed by atoms with Crippen LogP contribution in [-0.4, -0.2) is 28.4 Å². The van der Waals surface area contributed by atoms with Crippen molar-refractivity contribution >= 4 is 35.3 Å². The summed E-state index contributed by atoms with van der Waals surface area (Å²) >= 11 is 12.3. The summed E-state index contributed by atoms with van der Waals surface area (Å²) in [4.78, 5) is 12.2. The molecule has 33 heavy (non-hydrogen) atoms. The number of amides is 1. The normalized spacial score (nSPS) is 12.2. The number of hydrogen-bond donors (Lipinski definition) is 2. The van der Waals surface area contributed by atoms with Crippen LogP contribution in [0, 0.1) is 13.8 Å². The molecule has 2 aromatic carbocycles. The molecule has 0 unspecified atom stereocenters. The van der Waals surface area contributed by atoms with Crippen LogP contribution in [0.3, 0.4) is 0 Å². The number of aliphatic hydroxyl groups is 1. The average molecular weight is 488 g/mol. The Hall–Kier alpha value is -2.80. The molecule has 1 heterocycles. The third-order valence-corrected chi connectivity index (χ3v) is 5.63. The van der Waals surface area contributed by atoms with Crippen LogP contribution in [0.1, 0.15) is 48.4 Å². The molecule has 0 fully saturated rings. The Kier molecular flexibility index (Phi) is 8.55. The Morgan fingerprint density at radius 3 is 2.45 bits per heavy atom. The molecule has 3 rings (SSSR count). The monoisotopic (exact) mass is 487 g/mol. The van der Waals surface area contributed by atoms with Gasteiger partial charge in [0.1, 0.15) is 5.75 Å². The largest absolute Gasteiger partial charge is 0.494 e. The quantitative estimate of drug-likeness (QED) is 0.297. The molecule has 0 saturated heterocycles. The van der Waals surface area contributed by atoms with Crippen molar-refractivity contribution in [2.45, 2.75) is 39.7 Å². The summed E-state index contributed by atoms with van der Waals surface area (Å²) in [6.45, 7) is 6.43. The molecular weight excluding hydrogens is 461 g/mol. The first-order valence-corrected chi connectivity index (χ1v) is 11.4. The van der Waals surface area contributed by atoms with Gasteiger partial charge < -0.3 is 14.4 Å². The summed E-state index contributed by atoms with van der Waals surface area (Å²) in [6, 6.07) is 14.5. The predicted molar refractivity (Wildman–Crippen MR) is 133 cm³/mol. The first kappa shape index (κ1) is 24.8. The minimum absolute atomic E-state index is 0.145. The number of hydrogen-bond acceptors (Lipinski definition) is 4. The zero-order chi connectivity index (χ0) is 24.0. The number of carbonyl (C=O) groups excluding carboxylic acids is 1. The molecule has 0 aliphatic carbocycles. The van der Waals surface area contributed by atoms with E-state index in [1.807, 2.05) is 43.5 Å². The zero-order valence-electron chi connectivity index (χ0n) is 18.8. The highest BCUT2D eigenvalue weighted by atomic mass is 35.5. The Morgan fingerprint density at radius 2 is 1.82 bits per heavy atom. The summed E-state index contributed by atoms with van der Waals surface area (Å²) in [6.07, 6.45) is 1.30. The number of halogens is 2. The molecule has 0 radical (unpaired) electrons. The fourth-order valence-corrected chi connectivity index (χ4v) is 4.12. The van der Waals surface area contributed by atoms with Crippen molar-refractivity contribution < 1.29 is 14.6 Å². The maximum Gasteiger partial charge on any atom is 0.240 e. The van der Waals surface area contributed by atoms with Crippen molar-refractivity contribution in [2.75, 3.05) is 6.61 Å². The molecule has 0 aliphatic heterocycles. The average Bonchev–Trinajstić information content (AvgIpc) is 3.05. The second-order valence-electron chi connectivity index (χ2n) is 7.64. The predicted octanol–water partition coefficient (Wildman–Crippen LogP) is 5.76. The van der Waals surface area contributed by atoms with Gasteiger partial charge in [-0.25, -0.2) is 5.43 Å². The highest BCUT2D eigenvalue weighted by molar-refractivity contribution is 6.34. The second-order valence-corrected chi connectivity index (χ2v) is 8.51. The lowest BCUT2D eigenvalue weighted by atomic mass is 10.0. The van der Waals surface area contributed by atoms with Gasteiger partial charge in [-0.1, -0.05) is 35.3 Å². The van der Waals surface area contributed by atoms with Crippen molar-refractivity contribution in [3.8, 4) is 11.4 Å². The van der Waals surface area contributed by atoms with Gasteiger partial charge in [-0.2, -0.15) is 5.10 Å². The van der Waals surface area contributed by atoms with Crippen molar-refractivity contribution in [3.05, 3.63) is 81.1 Å². The number of nitrogens with zero attached hydrogens (tertiary/aromatic N) is 2. The smallest absolute Gasteiger partial charge is 0.240 e. The van der Waals surface area contributed by atoms with Crippen LogP contribution in [0.15, 0.2) is 53.6 Å². The number of aromatic nitrogens is 1. The van der Waals surface area contributed by atoms with Crippen molar-refractivity contribution in [1.29, 1.82) is 0 Å². The lowest BCUT2D eigenvalue weighted by Gasteiger charge is -2.11. The SMILES string of the molecule is CCOc1ccc([C@H](O)CCC(=O)N/N=C\c2cc(C)n(-c3cc(Cl)cc(Cl)c3)c2C)cc1. The Bertz CT molecular complexity index is 1120. The van der Waals surface area contributed by atoms with E-state index in [9.17, 15) is 9.90 Å². The maximum absolute atomic E-state index is 12.2. The molecule has 174 valence electrons. The summed E-state index contributed by atoms with van der Waals surface area (Å²) in [5.74, 6) is 0.477. The van der Waals surface area contributed by atoms with E-state index in [-0.39, 0.29) is 12.3 Å². The van der Waals surface area contributed by atoms with Gasteiger partial charge in [0.25, 0.3) is 0 Å². The van der Waals surface area contributed by atoms with Gasteiger partial charge in [0.2, 0.25) is 5.91 Å². The molecular formula is C25H27Cl2N3O3. The minimum atomic E-state index is -0.737. The van der Waals surface area contributed by atoms with Crippen LogP contribution in [-0.2, 0) is 4.79 Å². The van der Waals surface area contributed by atoms with Crippen molar-refractivity contribution in [1.82, 2.24) is 9.99 Å². The van der Waals surface area contributed by atoms with Gasteiger partial charge in [0.05, 0.1) is 18.9 Å². The van der Waals surface area contributed by atoms with Gasteiger partial charge >= 0.3 is 0 Å². The fourth-order valence-electron chi connectivity index (χ4n) is 3.60. The maximum atomic E-state index is 12.2. The molecule has 0 saturated carbocycles. The first-order valence-electron chi connectivity index (χ1n) is 10.7. The number of rotatable bonds is 9. The van der Waals surface area contributed by atoms with E-state index in [0.717, 1.165) is 34.0 Å². The van der Waals surface area contributed by atoms with Crippen molar-refractivity contribution in [3.63, 3.8) is 0 Å². The number of ether oxygens (including phenoxy) is 1. The molecule has 0 aliphatic rings. The standard InChI is InChI=1S/C25H27Cl2N3O3/c1-4-33-23-7-5-18(6-8-23)24(31)9-10-25(32)29-28-15-19-11-16(2)30(17(19)3)22-13-20(26)12-21(27)14-22/h5-8,11-15,24,31H,4,9-10H2,1-3H3,(H,29,32)/b28-15-/t24-/m1/s1. The number of aryl methyl sites for hydroxylation is 1. The summed E-state index contributed by atoms with van der Waals surface area (Å²) in [5.41, 5.74) is 6.90. The first-order chi connectivity index (χ1) is 15.8. The van der Waals surface area contributed by atoms with E-state index in [1.54, 1.807) is 36.5 Å². The van der Waals surface area contributed by atoms with Gasteiger partial charge in [0.15, 0.2) is 0 Å². The van der Waals surface area contributed by atoms with E-state index >= 15 is 0 Å². The highest BCUT2D eigenvalue weighted by Gasteiger charge is 2.12. The lowest BCUT2D eigenvalue weighted by molar-refractivity contribution is -0.121. The third kappa shape index (κ3) is 6.60. The van der Waals surface area contributed by atoms with Gasteiger partial charge in [-0.15, -0.1) is 0 Å². The van der Waals surface area contributed by atoms with E-state index in [1.165, 1.54) is 0 Å². The van der Waals surface area contributed by atoms with Gasteiger partial charge in [-0.05, 0) is 69.2 Å². The number of nitrogens with one attached hydrogen (secondary N) is 1. The molecule has 6 nitrogen and oxygen atoms in total. The molecule has 1 atom stereocenters. The van der Waals surface area contributed by atoms with Crippen LogP contribution in [0.4, 0.5) is 0 Å². The Labute approximate surface area is 203 Å². The number of carbonyl (C=O) groups is 1. The molecule has 8 heteroatoms. The third-order valence-electron chi connectivity index (χ3n) is 5.19. The minimum Gasteiger partial charge on any atom is -0.494 e. The Balaban J connectivity index is 1.57. The molecule has 3 aromatic rings. The zero-order valence-corrected chi connectivity index (χ0v) is 20.3. The molecule has 1 amide bonds. The topological polar surface area (TPSA) is 75.8 Å². The van der Waals surface area contributed by atoms with E-state index in [2.05, 4.69) is 10.5 Å². The van der Waals surface area contributed by atoms with Crippen LogP contribution < -0.4 is 10.2 Å². The second kappa shape index (κ2) is 11.4. The van der Waals surface area contributed by atoms with Crippen LogP contribution in [0.5, 0.6) is 5.75 Å². The highest BCUT2D eigenvalue weighted by Crippen LogP contribution is 2.26. The van der Waals surface area contributed by atoms with Crippen LogP contribution in [0.2, 0.25) is 10.0 Å². The van der Waals surface area contributed by atoms with Gasteiger partial charge in [-0.3, -0.25) is 4.79 Å².